The fourth-order valence-corrected chi connectivity index (χ4v) is 5.13. The zero-order chi connectivity index (χ0) is 28.1. The van der Waals surface area contributed by atoms with Crippen LogP contribution in [0.15, 0.2) is 41.4 Å². The summed E-state index contributed by atoms with van der Waals surface area (Å²) in [6.07, 6.45) is 4.79. The molecule has 2 aromatic heterocycles. The Labute approximate surface area is 246 Å². The number of aryl methyl sites for hydroxylation is 1. The molecule has 12 heteroatoms. The highest BCUT2D eigenvalue weighted by Gasteiger charge is 2.24. The van der Waals surface area contributed by atoms with Crippen molar-refractivity contribution in [2.45, 2.75) is 64.3 Å². The van der Waals surface area contributed by atoms with E-state index in [1.807, 2.05) is 13.0 Å². The number of hydrogen-bond donors (Lipinski definition) is 2. The zero-order valence-corrected chi connectivity index (χ0v) is 24.5. The summed E-state index contributed by atoms with van der Waals surface area (Å²) in [7, 11) is 1.80. The number of hydrogen-bond acceptors (Lipinski definition) is 10. The summed E-state index contributed by atoms with van der Waals surface area (Å²) in [5, 5.41) is 13.9. The van der Waals surface area contributed by atoms with Crippen molar-refractivity contribution in [1.29, 1.82) is 0 Å². The van der Waals surface area contributed by atoms with Gasteiger partial charge in [-0.2, -0.15) is 13.5 Å². The monoisotopic (exact) mass is 582 g/mol. The van der Waals surface area contributed by atoms with E-state index >= 15 is 0 Å². The Kier molecular flexibility index (Phi) is 10.4. The number of oxazole rings is 1. The first-order valence-electron chi connectivity index (χ1n) is 13.7. The number of ether oxygens (including phenoxy) is 1. The predicted octanol–water partition coefficient (Wildman–Crippen LogP) is 2.88. The van der Waals surface area contributed by atoms with Gasteiger partial charge in [0.05, 0.1) is 11.8 Å². The SMILES string of the molecule is Cc1ncoc1COc1ccc2c(c1)CCN(C[C@@H](O)CCC(=O)c1cc(NC3CCN(C)C(=O)C3)ncn1)C2.S. The van der Waals surface area contributed by atoms with Crippen LogP contribution in [-0.2, 0) is 24.4 Å². The molecule has 1 saturated heterocycles. The Morgan fingerprint density at radius 1 is 1.22 bits per heavy atom. The van der Waals surface area contributed by atoms with Gasteiger partial charge < -0.3 is 24.5 Å². The maximum absolute atomic E-state index is 12.8. The van der Waals surface area contributed by atoms with Crippen LogP contribution in [0.1, 0.15) is 58.8 Å². The van der Waals surface area contributed by atoms with E-state index in [0.29, 0.717) is 44.0 Å². The van der Waals surface area contributed by atoms with Crippen LogP contribution < -0.4 is 10.1 Å². The number of anilines is 1. The van der Waals surface area contributed by atoms with Gasteiger partial charge in [-0.1, -0.05) is 6.07 Å². The molecule has 4 heterocycles. The fourth-order valence-electron chi connectivity index (χ4n) is 5.13. The fraction of sp³-hybridized carbons (Fsp3) is 0.483. The average Bonchev–Trinajstić information content (AvgIpc) is 3.37. The van der Waals surface area contributed by atoms with E-state index in [0.717, 1.165) is 43.1 Å². The number of ketones is 1. The van der Waals surface area contributed by atoms with Crippen LogP contribution in [0.5, 0.6) is 5.75 Å². The van der Waals surface area contributed by atoms with Gasteiger partial charge in [-0.15, -0.1) is 0 Å². The largest absolute Gasteiger partial charge is 0.486 e. The van der Waals surface area contributed by atoms with Crippen molar-refractivity contribution in [2.75, 3.05) is 32.0 Å². The number of nitrogens with zero attached hydrogens (tertiary/aromatic N) is 5. The second-order valence-electron chi connectivity index (χ2n) is 10.6. The normalized spacial score (nSPS) is 17.9. The van der Waals surface area contributed by atoms with Gasteiger partial charge in [0, 0.05) is 58.2 Å². The molecule has 0 radical (unpaired) electrons. The first-order chi connectivity index (χ1) is 19.3. The molecule has 3 aromatic rings. The molecule has 1 unspecified atom stereocenters. The van der Waals surface area contributed by atoms with E-state index in [2.05, 4.69) is 37.3 Å². The van der Waals surface area contributed by atoms with Gasteiger partial charge >= 0.3 is 0 Å². The number of aliphatic hydroxyl groups excluding tert-OH is 1. The van der Waals surface area contributed by atoms with Crippen molar-refractivity contribution in [3.63, 3.8) is 0 Å². The van der Waals surface area contributed by atoms with E-state index in [-0.39, 0.29) is 37.6 Å². The molecule has 0 saturated carbocycles. The second-order valence-corrected chi connectivity index (χ2v) is 10.6. The van der Waals surface area contributed by atoms with Crippen molar-refractivity contribution >= 4 is 31.0 Å². The van der Waals surface area contributed by atoms with Crippen LogP contribution in [0, 0.1) is 6.92 Å². The van der Waals surface area contributed by atoms with Gasteiger partial charge in [0.25, 0.3) is 0 Å². The summed E-state index contributed by atoms with van der Waals surface area (Å²) in [6.45, 7) is 4.98. The highest BCUT2D eigenvalue weighted by atomic mass is 32.1. The molecule has 1 fully saturated rings. The maximum Gasteiger partial charge on any atom is 0.224 e. The summed E-state index contributed by atoms with van der Waals surface area (Å²) in [5.41, 5.74) is 3.59. The smallest absolute Gasteiger partial charge is 0.224 e. The van der Waals surface area contributed by atoms with E-state index in [1.54, 1.807) is 18.0 Å². The van der Waals surface area contributed by atoms with Crippen LogP contribution in [-0.4, -0.2) is 80.4 Å². The molecule has 2 N–H and O–H groups in total. The Morgan fingerprint density at radius 2 is 2.07 bits per heavy atom. The predicted molar refractivity (Wildman–Crippen MR) is 157 cm³/mol. The van der Waals surface area contributed by atoms with Crippen LogP contribution >= 0.6 is 13.5 Å². The van der Waals surface area contributed by atoms with Crippen molar-refractivity contribution in [2.24, 2.45) is 0 Å². The lowest BCUT2D eigenvalue weighted by Crippen LogP contribution is -2.41. The summed E-state index contributed by atoms with van der Waals surface area (Å²) in [6, 6.07) is 7.72. The molecule has 41 heavy (non-hydrogen) atoms. The summed E-state index contributed by atoms with van der Waals surface area (Å²) in [5.74, 6) is 2.01. The molecule has 5 rings (SSSR count). The van der Waals surface area contributed by atoms with Gasteiger partial charge in [-0.3, -0.25) is 14.5 Å². The first kappa shape index (κ1) is 30.5. The number of benzene rings is 1. The lowest BCUT2D eigenvalue weighted by molar-refractivity contribution is -0.132. The minimum atomic E-state index is -0.622. The Balaban J connectivity index is 0.00000387. The molecular weight excluding hydrogens is 544 g/mol. The van der Waals surface area contributed by atoms with Crippen LogP contribution in [0.3, 0.4) is 0 Å². The number of piperidine rings is 1. The number of aromatic nitrogens is 3. The summed E-state index contributed by atoms with van der Waals surface area (Å²) < 4.78 is 11.2. The topological polar surface area (TPSA) is 134 Å². The average molecular weight is 583 g/mol. The molecule has 1 amide bonds. The van der Waals surface area contributed by atoms with Crippen molar-refractivity contribution < 1.29 is 23.8 Å². The molecule has 220 valence electrons. The highest BCUT2D eigenvalue weighted by molar-refractivity contribution is 7.59. The maximum atomic E-state index is 12.8. The lowest BCUT2D eigenvalue weighted by atomic mass is 9.98. The lowest BCUT2D eigenvalue weighted by Gasteiger charge is -2.30. The third-order valence-corrected chi connectivity index (χ3v) is 7.62. The van der Waals surface area contributed by atoms with Gasteiger partial charge in [-0.05, 0) is 49.4 Å². The van der Waals surface area contributed by atoms with E-state index < -0.39 is 6.10 Å². The molecule has 1 aromatic carbocycles. The van der Waals surface area contributed by atoms with Gasteiger partial charge in [-0.25, -0.2) is 15.0 Å². The Bertz CT molecular complexity index is 1350. The van der Waals surface area contributed by atoms with Crippen molar-refractivity contribution in [3.8, 4) is 5.75 Å². The van der Waals surface area contributed by atoms with Crippen LogP contribution in [0.25, 0.3) is 0 Å². The summed E-state index contributed by atoms with van der Waals surface area (Å²) in [4.78, 5) is 41.1. The minimum absolute atomic E-state index is 0. The van der Waals surface area contributed by atoms with Crippen molar-refractivity contribution in [1.82, 2.24) is 24.8 Å². The Hall–Kier alpha value is -3.48. The molecule has 2 aliphatic heterocycles. The minimum Gasteiger partial charge on any atom is -0.486 e. The van der Waals surface area contributed by atoms with Gasteiger partial charge in [0.15, 0.2) is 17.9 Å². The highest BCUT2D eigenvalue weighted by Crippen LogP contribution is 2.25. The first-order valence-corrected chi connectivity index (χ1v) is 13.7. The number of nitrogens with one attached hydrogen (secondary N) is 1. The number of amides is 1. The quantitative estimate of drug-likeness (QED) is 0.325. The van der Waals surface area contributed by atoms with Crippen LogP contribution in [0.2, 0.25) is 0 Å². The summed E-state index contributed by atoms with van der Waals surface area (Å²) >= 11 is 0. The molecule has 0 bridgehead atoms. The number of fused-ring (bicyclic) bond motifs is 1. The number of likely N-dealkylation sites (tertiary alicyclic amines) is 1. The van der Waals surface area contributed by atoms with E-state index in [1.165, 1.54) is 23.8 Å². The number of carbonyl (C=O) groups excluding carboxylic acids is 2. The number of aliphatic hydroxyl groups is 1. The third-order valence-electron chi connectivity index (χ3n) is 7.62. The number of carbonyl (C=O) groups is 2. The Morgan fingerprint density at radius 3 is 2.85 bits per heavy atom. The number of rotatable bonds is 11. The second kappa shape index (κ2) is 13.9. The molecule has 2 aliphatic rings. The van der Waals surface area contributed by atoms with E-state index in [4.69, 9.17) is 9.15 Å². The zero-order valence-electron chi connectivity index (χ0n) is 23.5. The van der Waals surface area contributed by atoms with Crippen molar-refractivity contribution in [3.05, 3.63) is 65.3 Å². The number of Topliss-reactive ketones (excluding diaryl/α,β-unsaturated/α-hetero) is 1. The molecule has 11 nitrogen and oxygen atoms in total. The molecule has 2 atom stereocenters. The van der Waals surface area contributed by atoms with E-state index in [9.17, 15) is 14.7 Å². The third kappa shape index (κ3) is 8.05. The standard InChI is InChI=1S/C29H36N6O5.H2S/c1-19-27(40-18-32-19)16-39-24-5-3-21-14-35(10-7-20(21)11-24)15-23(36)4-6-26(37)25-13-28(31-17-30-25)33-22-8-9-34(2)29(38)12-22;/h3,5,11,13,17-18,22-23,36H,4,6-10,12,14-16H2,1-2H3,(H,30,31,33);1H2/t22?,23-;/m0./s1. The molecular formula is C29H38N6O5S. The number of β-amino-alcohol motifs (C(OH)–C–C–N with tert-alkyl or cyclic N) is 1. The van der Waals surface area contributed by atoms with Gasteiger partial charge in [0.2, 0.25) is 5.91 Å². The van der Waals surface area contributed by atoms with Crippen LogP contribution in [0.4, 0.5) is 5.82 Å². The molecule has 0 aliphatic carbocycles. The van der Waals surface area contributed by atoms with Gasteiger partial charge in [0.1, 0.15) is 30.2 Å². The molecule has 0 spiro atoms.